The summed E-state index contributed by atoms with van der Waals surface area (Å²) in [7, 11) is 1.44. The first kappa shape index (κ1) is 17.1. The van der Waals surface area contributed by atoms with E-state index < -0.39 is 23.2 Å². The molecule has 1 saturated carbocycles. The zero-order valence-electron chi connectivity index (χ0n) is 12.8. The summed E-state index contributed by atoms with van der Waals surface area (Å²) in [6.45, 7) is 0.640. The molecule has 7 heteroatoms. The number of amides is 1. The number of hydrogen-bond acceptors (Lipinski definition) is 3. The molecular weight excluding hydrogens is 296 g/mol. The van der Waals surface area contributed by atoms with Gasteiger partial charge in [0, 0.05) is 39.0 Å². The number of ether oxygens (including phenoxy) is 1. The lowest BCUT2D eigenvalue weighted by Crippen LogP contribution is -2.53. The monoisotopic (exact) mass is 319 g/mol. The number of methoxy groups -OCH3 is 1. The van der Waals surface area contributed by atoms with Crippen molar-refractivity contribution in [1.29, 1.82) is 0 Å². The van der Waals surface area contributed by atoms with Crippen LogP contribution in [-0.2, 0) is 14.3 Å². The predicted octanol–water partition coefficient (Wildman–Crippen LogP) is 2.15. The molecular formula is C15H23F2NO4. The van der Waals surface area contributed by atoms with E-state index in [-0.39, 0.29) is 44.7 Å². The van der Waals surface area contributed by atoms with Crippen LogP contribution in [0.2, 0.25) is 0 Å². The lowest BCUT2D eigenvalue weighted by atomic mass is 9.79. The highest BCUT2D eigenvalue weighted by Crippen LogP contribution is 2.38. The predicted molar refractivity (Wildman–Crippen MR) is 74.7 cm³/mol. The number of likely N-dealkylation sites (tertiary alicyclic amines) is 1. The Morgan fingerprint density at radius 3 is 2.45 bits per heavy atom. The van der Waals surface area contributed by atoms with Crippen molar-refractivity contribution in [1.82, 2.24) is 4.90 Å². The van der Waals surface area contributed by atoms with Crippen molar-refractivity contribution in [3.05, 3.63) is 0 Å². The quantitative estimate of drug-likeness (QED) is 0.862. The number of piperidine rings is 1. The number of nitrogens with zero attached hydrogens (tertiary/aromatic N) is 1. The number of carboxylic acid groups (broad SMARTS) is 1. The highest BCUT2D eigenvalue weighted by Gasteiger charge is 2.46. The molecule has 1 unspecified atom stereocenters. The summed E-state index contributed by atoms with van der Waals surface area (Å²) >= 11 is 0. The number of carboxylic acids is 1. The number of carbonyl (C=O) groups is 2. The van der Waals surface area contributed by atoms with Gasteiger partial charge in [0.25, 0.3) is 0 Å². The van der Waals surface area contributed by atoms with Crippen LogP contribution in [0.1, 0.15) is 38.5 Å². The second kappa shape index (κ2) is 6.48. The van der Waals surface area contributed by atoms with E-state index in [1.54, 1.807) is 0 Å². The highest BCUT2D eigenvalue weighted by atomic mass is 19.3. The van der Waals surface area contributed by atoms with Gasteiger partial charge in [-0.15, -0.1) is 0 Å². The average molecular weight is 319 g/mol. The molecule has 2 rings (SSSR count). The van der Waals surface area contributed by atoms with Crippen LogP contribution in [0.5, 0.6) is 0 Å². The molecule has 0 bridgehead atoms. The third kappa shape index (κ3) is 3.56. The second-order valence-electron chi connectivity index (χ2n) is 6.51. The minimum Gasteiger partial charge on any atom is -0.481 e. The van der Waals surface area contributed by atoms with Gasteiger partial charge in [-0.3, -0.25) is 9.59 Å². The molecule has 126 valence electrons. The van der Waals surface area contributed by atoms with Crippen molar-refractivity contribution in [2.75, 3.05) is 26.8 Å². The van der Waals surface area contributed by atoms with E-state index in [0.717, 1.165) is 0 Å². The first-order valence-electron chi connectivity index (χ1n) is 7.69. The van der Waals surface area contributed by atoms with Crippen molar-refractivity contribution in [2.24, 2.45) is 11.3 Å². The van der Waals surface area contributed by atoms with E-state index >= 15 is 0 Å². The summed E-state index contributed by atoms with van der Waals surface area (Å²) in [6, 6.07) is 0. The maximum absolute atomic E-state index is 13.2. The van der Waals surface area contributed by atoms with Crippen molar-refractivity contribution >= 4 is 11.9 Å². The van der Waals surface area contributed by atoms with E-state index in [0.29, 0.717) is 19.4 Å². The zero-order valence-corrected chi connectivity index (χ0v) is 12.8. The zero-order chi connectivity index (χ0) is 16.4. The Hall–Kier alpha value is -1.24. The minimum atomic E-state index is -2.67. The largest absolute Gasteiger partial charge is 0.481 e. The Morgan fingerprint density at radius 1 is 1.27 bits per heavy atom. The summed E-state index contributed by atoms with van der Waals surface area (Å²) in [6.07, 6.45) is 0.866. The Balaban J connectivity index is 2.02. The minimum absolute atomic E-state index is 0.0504. The van der Waals surface area contributed by atoms with Crippen molar-refractivity contribution in [2.45, 2.75) is 44.4 Å². The van der Waals surface area contributed by atoms with Gasteiger partial charge in [0.05, 0.1) is 6.61 Å². The fourth-order valence-corrected chi connectivity index (χ4v) is 3.50. The summed E-state index contributed by atoms with van der Waals surface area (Å²) in [5.41, 5.74) is -1.08. The standard InChI is InChI=1S/C15H23F2NO4/c1-22-10-14(13(20)21)5-2-8-18(9-14)12(19)11-3-6-15(16,17)7-4-11/h11H,2-10H2,1H3,(H,20,21). The van der Waals surface area contributed by atoms with Crippen LogP contribution in [0, 0.1) is 11.3 Å². The molecule has 5 nitrogen and oxygen atoms in total. The first-order chi connectivity index (χ1) is 10.3. The van der Waals surface area contributed by atoms with Gasteiger partial charge in [-0.05, 0) is 25.7 Å². The van der Waals surface area contributed by atoms with Gasteiger partial charge in [-0.2, -0.15) is 0 Å². The molecule has 1 aliphatic carbocycles. The van der Waals surface area contributed by atoms with Crippen LogP contribution >= 0.6 is 0 Å². The molecule has 1 saturated heterocycles. The fraction of sp³-hybridized carbons (Fsp3) is 0.867. The van der Waals surface area contributed by atoms with Crippen molar-refractivity contribution in [3.63, 3.8) is 0 Å². The molecule has 1 amide bonds. The van der Waals surface area contributed by atoms with Gasteiger partial charge < -0.3 is 14.7 Å². The van der Waals surface area contributed by atoms with Gasteiger partial charge in [0.1, 0.15) is 5.41 Å². The normalized spacial score (nSPS) is 29.3. The topological polar surface area (TPSA) is 66.8 Å². The lowest BCUT2D eigenvalue weighted by Gasteiger charge is -2.41. The molecule has 0 aromatic heterocycles. The van der Waals surface area contributed by atoms with Gasteiger partial charge in [-0.1, -0.05) is 0 Å². The molecule has 0 aromatic carbocycles. The molecule has 0 aromatic rings. The van der Waals surface area contributed by atoms with E-state index in [1.165, 1.54) is 12.0 Å². The molecule has 1 atom stereocenters. The third-order valence-corrected chi connectivity index (χ3v) is 4.83. The molecule has 22 heavy (non-hydrogen) atoms. The Kier molecular flexibility index (Phi) is 5.04. The van der Waals surface area contributed by atoms with E-state index in [4.69, 9.17) is 4.74 Å². The molecule has 1 heterocycles. The Morgan fingerprint density at radius 2 is 1.91 bits per heavy atom. The molecule has 2 aliphatic rings. The van der Waals surface area contributed by atoms with Gasteiger partial charge >= 0.3 is 5.97 Å². The van der Waals surface area contributed by atoms with Crippen molar-refractivity contribution in [3.8, 4) is 0 Å². The van der Waals surface area contributed by atoms with Crippen LogP contribution in [-0.4, -0.2) is 54.6 Å². The van der Waals surface area contributed by atoms with Gasteiger partial charge in [0.15, 0.2) is 0 Å². The Bertz CT molecular complexity index is 429. The van der Waals surface area contributed by atoms with Crippen LogP contribution in [0.4, 0.5) is 8.78 Å². The highest BCUT2D eigenvalue weighted by molar-refractivity contribution is 5.81. The summed E-state index contributed by atoms with van der Waals surface area (Å²) < 4.78 is 31.4. The second-order valence-corrected chi connectivity index (χ2v) is 6.51. The average Bonchev–Trinajstić information content (AvgIpc) is 2.47. The first-order valence-corrected chi connectivity index (χ1v) is 7.69. The number of rotatable bonds is 4. The smallest absolute Gasteiger partial charge is 0.313 e. The maximum Gasteiger partial charge on any atom is 0.313 e. The van der Waals surface area contributed by atoms with E-state index in [2.05, 4.69) is 0 Å². The van der Waals surface area contributed by atoms with Gasteiger partial charge in [-0.25, -0.2) is 8.78 Å². The summed E-state index contributed by atoms with van der Waals surface area (Å²) in [5, 5.41) is 9.48. The number of alkyl halides is 2. The summed E-state index contributed by atoms with van der Waals surface area (Å²) in [4.78, 5) is 25.6. The third-order valence-electron chi connectivity index (χ3n) is 4.83. The van der Waals surface area contributed by atoms with Crippen molar-refractivity contribution < 1.29 is 28.2 Å². The van der Waals surface area contributed by atoms with Crippen LogP contribution in [0.15, 0.2) is 0 Å². The van der Waals surface area contributed by atoms with Crippen LogP contribution in [0.3, 0.4) is 0 Å². The number of hydrogen-bond donors (Lipinski definition) is 1. The molecule has 0 spiro atoms. The van der Waals surface area contributed by atoms with E-state index in [9.17, 15) is 23.5 Å². The number of carbonyl (C=O) groups excluding carboxylic acids is 1. The van der Waals surface area contributed by atoms with Gasteiger partial charge in [0.2, 0.25) is 11.8 Å². The number of aliphatic carboxylic acids is 1. The molecule has 0 radical (unpaired) electrons. The molecule has 2 fully saturated rings. The lowest BCUT2D eigenvalue weighted by molar-refractivity contribution is -0.160. The summed E-state index contributed by atoms with van der Waals surface area (Å²) in [5.74, 6) is -4.23. The van der Waals surface area contributed by atoms with E-state index in [1.807, 2.05) is 0 Å². The Labute approximate surface area is 128 Å². The fourth-order valence-electron chi connectivity index (χ4n) is 3.50. The molecule has 1 aliphatic heterocycles. The molecule has 1 N–H and O–H groups in total. The van der Waals surface area contributed by atoms with Crippen LogP contribution in [0.25, 0.3) is 0 Å². The van der Waals surface area contributed by atoms with Crippen LogP contribution < -0.4 is 0 Å². The maximum atomic E-state index is 13.2. The SMILES string of the molecule is COCC1(C(=O)O)CCCN(C(=O)C2CCC(F)(F)CC2)C1. The number of halogens is 2.